The van der Waals surface area contributed by atoms with Gasteiger partial charge in [0, 0.05) is 18.2 Å². The van der Waals surface area contributed by atoms with E-state index in [0.717, 1.165) is 42.5 Å². The van der Waals surface area contributed by atoms with Crippen LogP contribution in [0.5, 0.6) is 0 Å². The second-order valence-electron chi connectivity index (χ2n) is 7.82. The first-order valence-electron chi connectivity index (χ1n) is 9.65. The van der Waals surface area contributed by atoms with E-state index in [0.29, 0.717) is 18.7 Å². The molecule has 2 aromatic rings. The number of aryl methyl sites for hydroxylation is 1. The number of morpholine rings is 1. The number of hydrogen-bond donors (Lipinski definition) is 2. The van der Waals surface area contributed by atoms with Crippen molar-refractivity contribution < 1.29 is 14.3 Å². The van der Waals surface area contributed by atoms with Crippen LogP contribution in [-0.2, 0) is 9.53 Å². The molecule has 7 heteroatoms. The molecule has 2 fully saturated rings. The monoisotopic (exact) mass is 370 g/mol. The highest BCUT2D eigenvalue weighted by molar-refractivity contribution is 5.98. The molecule has 2 heterocycles. The van der Waals surface area contributed by atoms with Gasteiger partial charge in [0.15, 0.2) is 5.60 Å². The Balaban J connectivity index is 1.48. The van der Waals surface area contributed by atoms with Crippen LogP contribution >= 0.6 is 0 Å². The molecule has 2 aliphatic rings. The molecular formula is C20H26N4O3. The molecule has 0 radical (unpaired) electrons. The smallest absolute Gasteiger partial charge is 0.254 e. The number of nitrogens with zero attached hydrogens (tertiary/aromatic N) is 2. The summed E-state index contributed by atoms with van der Waals surface area (Å²) >= 11 is 0. The lowest BCUT2D eigenvalue weighted by molar-refractivity contribution is -0.154. The van der Waals surface area contributed by atoms with E-state index in [4.69, 9.17) is 4.74 Å². The molecule has 0 spiro atoms. The number of aromatic amines is 1. The van der Waals surface area contributed by atoms with Crippen LogP contribution in [0.1, 0.15) is 48.8 Å². The van der Waals surface area contributed by atoms with Gasteiger partial charge in [-0.25, -0.2) is 4.98 Å². The summed E-state index contributed by atoms with van der Waals surface area (Å²) in [6, 6.07) is 5.69. The number of nitrogens with one attached hydrogen (secondary N) is 2. The van der Waals surface area contributed by atoms with Gasteiger partial charge in [-0.05, 0) is 44.9 Å². The standard InChI is InChI=1S/C20H26N4O3/c1-13-21-16-8-7-14(11-17(16)22-13)18(25)24-9-10-27-20(2,12-24)19(26)23-15-5-3-4-6-15/h7-8,11,15H,3-6,9-10,12H2,1-2H3,(H,21,22)(H,23,26)/t20-/m1/s1. The summed E-state index contributed by atoms with van der Waals surface area (Å²) in [4.78, 5) is 35.0. The van der Waals surface area contributed by atoms with Gasteiger partial charge >= 0.3 is 0 Å². The molecular weight excluding hydrogens is 344 g/mol. The lowest BCUT2D eigenvalue weighted by Gasteiger charge is -2.39. The average Bonchev–Trinajstić information content (AvgIpc) is 3.28. The lowest BCUT2D eigenvalue weighted by Crippen LogP contribution is -2.60. The Morgan fingerprint density at radius 2 is 2.11 bits per heavy atom. The van der Waals surface area contributed by atoms with Gasteiger partial charge in [-0.3, -0.25) is 9.59 Å². The van der Waals surface area contributed by atoms with Crippen molar-refractivity contribution in [3.8, 4) is 0 Å². The Kier molecular flexibility index (Phi) is 4.63. The molecule has 1 aromatic heterocycles. The predicted octanol–water partition coefficient (Wildman–Crippen LogP) is 2.16. The van der Waals surface area contributed by atoms with E-state index >= 15 is 0 Å². The van der Waals surface area contributed by atoms with Crippen LogP contribution in [0.15, 0.2) is 18.2 Å². The summed E-state index contributed by atoms with van der Waals surface area (Å²) in [6.07, 6.45) is 4.35. The van der Waals surface area contributed by atoms with Gasteiger partial charge in [-0.2, -0.15) is 0 Å². The minimum atomic E-state index is -1.01. The fourth-order valence-electron chi connectivity index (χ4n) is 4.04. The number of aromatic nitrogens is 2. The van der Waals surface area contributed by atoms with Crippen molar-refractivity contribution in [2.45, 2.75) is 51.2 Å². The zero-order chi connectivity index (χ0) is 19.0. The molecule has 1 aliphatic carbocycles. The van der Waals surface area contributed by atoms with Gasteiger partial charge in [0.25, 0.3) is 11.8 Å². The fraction of sp³-hybridized carbons (Fsp3) is 0.550. The molecule has 1 aromatic carbocycles. The highest BCUT2D eigenvalue weighted by atomic mass is 16.5. The van der Waals surface area contributed by atoms with E-state index in [1.54, 1.807) is 17.9 Å². The summed E-state index contributed by atoms with van der Waals surface area (Å²) in [7, 11) is 0. The maximum Gasteiger partial charge on any atom is 0.254 e. The summed E-state index contributed by atoms with van der Waals surface area (Å²) in [6.45, 7) is 4.75. The number of H-pyrrole nitrogens is 1. The van der Waals surface area contributed by atoms with Crippen molar-refractivity contribution in [2.75, 3.05) is 19.7 Å². The summed E-state index contributed by atoms with van der Waals surface area (Å²) in [5.41, 5.74) is 1.26. The van der Waals surface area contributed by atoms with Crippen LogP contribution in [-0.4, -0.2) is 58.0 Å². The average molecular weight is 370 g/mol. The Morgan fingerprint density at radius 1 is 1.33 bits per heavy atom. The van der Waals surface area contributed by atoms with Gasteiger partial charge in [0.2, 0.25) is 0 Å². The molecule has 1 saturated heterocycles. The van der Waals surface area contributed by atoms with Crippen molar-refractivity contribution in [2.24, 2.45) is 0 Å². The van der Waals surface area contributed by atoms with E-state index < -0.39 is 5.60 Å². The number of amides is 2. The topological polar surface area (TPSA) is 87.3 Å². The first kappa shape index (κ1) is 18.0. The van der Waals surface area contributed by atoms with Crippen LogP contribution < -0.4 is 5.32 Å². The minimum Gasteiger partial charge on any atom is -0.362 e. The summed E-state index contributed by atoms with van der Waals surface area (Å²) in [5.74, 6) is 0.607. The molecule has 0 unspecified atom stereocenters. The Morgan fingerprint density at radius 3 is 2.89 bits per heavy atom. The Hall–Kier alpha value is -2.41. The number of fused-ring (bicyclic) bond motifs is 1. The highest BCUT2D eigenvalue weighted by Crippen LogP contribution is 2.24. The Bertz CT molecular complexity index is 871. The third kappa shape index (κ3) is 3.56. The van der Waals surface area contributed by atoms with Crippen molar-refractivity contribution in [3.63, 3.8) is 0 Å². The maximum absolute atomic E-state index is 13.0. The minimum absolute atomic E-state index is 0.0904. The number of ether oxygens (including phenoxy) is 1. The number of carbonyl (C=O) groups is 2. The number of carbonyl (C=O) groups excluding carboxylic acids is 2. The molecule has 2 amide bonds. The normalized spacial score (nSPS) is 23.7. The molecule has 144 valence electrons. The van der Waals surface area contributed by atoms with Gasteiger partial charge in [-0.15, -0.1) is 0 Å². The largest absolute Gasteiger partial charge is 0.362 e. The van der Waals surface area contributed by atoms with Crippen LogP contribution in [0.25, 0.3) is 11.0 Å². The predicted molar refractivity (Wildman–Crippen MR) is 101 cm³/mol. The van der Waals surface area contributed by atoms with E-state index in [2.05, 4.69) is 15.3 Å². The lowest BCUT2D eigenvalue weighted by atomic mass is 10.0. The van der Waals surface area contributed by atoms with Gasteiger partial charge in [-0.1, -0.05) is 12.8 Å². The number of imidazole rings is 1. The first-order valence-corrected chi connectivity index (χ1v) is 9.65. The molecule has 0 bridgehead atoms. The first-order chi connectivity index (χ1) is 12.9. The molecule has 1 atom stereocenters. The zero-order valence-corrected chi connectivity index (χ0v) is 15.9. The van der Waals surface area contributed by atoms with Crippen LogP contribution in [0.2, 0.25) is 0 Å². The Labute approximate surface area is 158 Å². The van der Waals surface area contributed by atoms with Crippen molar-refractivity contribution in [3.05, 3.63) is 29.6 Å². The second-order valence-corrected chi connectivity index (χ2v) is 7.82. The van der Waals surface area contributed by atoms with Crippen LogP contribution in [0.3, 0.4) is 0 Å². The zero-order valence-electron chi connectivity index (χ0n) is 15.9. The highest BCUT2D eigenvalue weighted by Gasteiger charge is 2.41. The van der Waals surface area contributed by atoms with E-state index in [1.165, 1.54) is 0 Å². The summed E-state index contributed by atoms with van der Waals surface area (Å²) in [5, 5.41) is 3.10. The third-order valence-electron chi connectivity index (χ3n) is 5.58. The molecule has 4 rings (SSSR count). The van der Waals surface area contributed by atoms with E-state index in [1.807, 2.05) is 19.1 Å². The number of benzene rings is 1. The SMILES string of the molecule is Cc1nc2ccc(C(=O)N3CCO[C@@](C)(C(=O)NC4CCCC4)C3)cc2[nH]1. The molecule has 1 aliphatic heterocycles. The molecule has 27 heavy (non-hydrogen) atoms. The van der Waals surface area contributed by atoms with Gasteiger partial charge in [0.05, 0.1) is 24.2 Å². The van der Waals surface area contributed by atoms with Gasteiger partial charge in [0.1, 0.15) is 5.82 Å². The van der Waals surface area contributed by atoms with Gasteiger partial charge < -0.3 is 19.9 Å². The van der Waals surface area contributed by atoms with Crippen molar-refractivity contribution >= 4 is 22.8 Å². The number of hydrogen-bond acceptors (Lipinski definition) is 4. The third-order valence-corrected chi connectivity index (χ3v) is 5.58. The van der Waals surface area contributed by atoms with Crippen LogP contribution in [0, 0.1) is 6.92 Å². The van der Waals surface area contributed by atoms with E-state index in [-0.39, 0.29) is 24.4 Å². The summed E-state index contributed by atoms with van der Waals surface area (Å²) < 4.78 is 5.81. The second kappa shape index (κ2) is 6.96. The fourth-order valence-corrected chi connectivity index (χ4v) is 4.04. The molecule has 2 N–H and O–H groups in total. The van der Waals surface area contributed by atoms with E-state index in [9.17, 15) is 9.59 Å². The quantitative estimate of drug-likeness (QED) is 0.867. The van der Waals surface area contributed by atoms with Crippen molar-refractivity contribution in [1.29, 1.82) is 0 Å². The molecule has 1 saturated carbocycles. The molecule has 7 nitrogen and oxygen atoms in total. The maximum atomic E-state index is 13.0. The van der Waals surface area contributed by atoms with Crippen molar-refractivity contribution in [1.82, 2.24) is 20.2 Å². The van der Waals surface area contributed by atoms with Crippen LogP contribution in [0.4, 0.5) is 0 Å². The number of rotatable bonds is 3.